The molecule has 28 heavy (non-hydrogen) atoms. The van der Waals surface area contributed by atoms with E-state index in [9.17, 15) is 13.2 Å². The minimum Gasteiger partial charge on any atom is -0.478 e. The van der Waals surface area contributed by atoms with E-state index in [0.717, 1.165) is 11.1 Å². The van der Waals surface area contributed by atoms with Gasteiger partial charge in [0.25, 0.3) is 0 Å². The molecule has 7 nitrogen and oxygen atoms in total. The fourth-order valence-corrected chi connectivity index (χ4v) is 4.48. The van der Waals surface area contributed by atoms with Gasteiger partial charge in [0.2, 0.25) is 11.8 Å². The summed E-state index contributed by atoms with van der Waals surface area (Å²) in [6.45, 7) is 3.34. The smallest absolute Gasteiger partial charge is 0.242 e. The quantitative estimate of drug-likeness (QED) is 0.755. The van der Waals surface area contributed by atoms with Crippen LogP contribution in [0.25, 0.3) is 0 Å². The lowest BCUT2D eigenvalue weighted by molar-refractivity contribution is -0.126. The van der Waals surface area contributed by atoms with Gasteiger partial charge in [0.05, 0.1) is 18.1 Å². The first-order chi connectivity index (χ1) is 13.5. The highest BCUT2D eigenvalue weighted by Crippen LogP contribution is 2.24. The molecule has 1 N–H and O–H groups in total. The third kappa shape index (κ3) is 5.08. The fourth-order valence-electron chi connectivity index (χ4n) is 3.25. The number of nitrogens with zero attached hydrogens (tertiary/aromatic N) is 2. The molecule has 1 aliphatic rings. The molecule has 2 aromatic rings. The Labute approximate surface area is 165 Å². The van der Waals surface area contributed by atoms with Gasteiger partial charge in [0.1, 0.15) is 6.04 Å². The summed E-state index contributed by atoms with van der Waals surface area (Å²) in [5.74, 6) is 0.476. The number of amides is 1. The van der Waals surface area contributed by atoms with Crippen molar-refractivity contribution in [3.05, 3.63) is 59.8 Å². The number of benzene rings is 1. The number of aromatic nitrogens is 1. The second kappa shape index (κ2) is 9.16. The minimum atomic E-state index is -3.02. The van der Waals surface area contributed by atoms with Crippen molar-refractivity contribution in [2.45, 2.75) is 19.5 Å². The number of hydrogen-bond donors (Lipinski definition) is 1. The van der Waals surface area contributed by atoms with E-state index in [4.69, 9.17) is 4.74 Å². The van der Waals surface area contributed by atoms with Gasteiger partial charge in [-0.2, -0.15) is 0 Å². The van der Waals surface area contributed by atoms with Crippen LogP contribution in [-0.2, 0) is 21.2 Å². The second-order valence-corrected chi connectivity index (χ2v) is 8.92. The van der Waals surface area contributed by atoms with E-state index in [1.165, 1.54) is 0 Å². The highest BCUT2D eigenvalue weighted by Gasteiger charge is 2.32. The lowest BCUT2D eigenvalue weighted by Crippen LogP contribution is -2.47. The summed E-state index contributed by atoms with van der Waals surface area (Å²) in [7, 11) is -3.02. The first kappa shape index (κ1) is 20.3. The molecule has 1 fully saturated rings. The van der Waals surface area contributed by atoms with Crippen molar-refractivity contribution < 1.29 is 17.9 Å². The molecule has 1 unspecified atom stereocenters. The number of ether oxygens (including phenoxy) is 1. The molecule has 1 aliphatic heterocycles. The van der Waals surface area contributed by atoms with Crippen molar-refractivity contribution in [2.24, 2.45) is 0 Å². The van der Waals surface area contributed by atoms with Crippen molar-refractivity contribution in [3.8, 4) is 5.88 Å². The molecule has 0 spiro atoms. The molecule has 0 aliphatic carbocycles. The van der Waals surface area contributed by atoms with Crippen LogP contribution in [0.15, 0.2) is 48.7 Å². The molecule has 1 saturated heterocycles. The monoisotopic (exact) mass is 403 g/mol. The number of carbonyl (C=O) groups excluding carboxylic acids is 1. The molecular weight excluding hydrogens is 378 g/mol. The van der Waals surface area contributed by atoms with Crippen molar-refractivity contribution >= 4 is 15.7 Å². The Kier molecular flexibility index (Phi) is 6.64. The maximum atomic E-state index is 13.1. The zero-order chi connectivity index (χ0) is 20.0. The van der Waals surface area contributed by atoms with Gasteiger partial charge in [-0.25, -0.2) is 13.4 Å². The van der Waals surface area contributed by atoms with Gasteiger partial charge in [0, 0.05) is 31.4 Å². The summed E-state index contributed by atoms with van der Waals surface area (Å²) in [5, 5.41) is 2.96. The van der Waals surface area contributed by atoms with Gasteiger partial charge in [-0.3, -0.25) is 9.69 Å². The molecule has 1 aromatic carbocycles. The number of sulfone groups is 1. The van der Waals surface area contributed by atoms with Crippen LogP contribution >= 0.6 is 0 Å². The summed E-state index contributed by atoms with van der Waals surface area (Å²) in [6.07, 6.45) is 1.65. The molecule has 0 radical (unpaired) electrons. The van der Waals surface area contributed by atoms with Gasteiger partial charge >= 0.3 is 0 Å². The zero-order valence-electron chi connectivity index (χ0n) is 15.9. The molecule has 0 bridgehead atoms. The van der Waals surface area contributed by atoms with Crippen LogP contribution in [0.3, 0.4) is 0 Å². The SMILES string of the molecule is CCOc1ncccc1CNC(=O)C(c1ccccc1)N1CCS(=O)(=O)CC1. The van der Waals surface area contributed by atoms with Gasteiger partial charge < -0.3 is 10.1 Å². The molecule has 8 heteroatoms. The Hall–Kier alpha value is -2.45. The number of pyridine rings is 1. The lowest BCUT2D eigenvalue weighted by atomic mass is 10.0. The number of nitrogens with one attached hydrogen (secondary N) is 1. The Balaban J connectivity index is 1.76. The predicted molar refractivity (Wildman–Crippen MR) is 107 cm³/mol. The van der Waals surface area contributed by atoms with Crippen molar-refractivity contribution in [1.29, 1.82) is 0 Å². The average Bonchev–Trinajstić information content (AvgIpc) is 2.70. The van der Waals surface area contributed by atoms with Crippen LogP contribution in [0.2, 0.25) is 0 Å². The van der Waals surface area contributed by atoms with Crippen LogP contribution < -0.4 is 10.1 Å². The number of hydrogen-bond acceptors (Lipinski definition) is 6. The van der Waals surface area contributed by atoms with Gasteiger partial charge in [0.15, 0.2) is 9.84 Å². The Morgan fingerprint density at radius 1 is 1.18 bits per heavy atom. The van der Waals surface area contributed by atoms with Crippen LogP contribution in [0.4, 0.5) is 0 Å². The van der Waals surface area contributed by atoms with Crippen LogP contribution in [0.1, 0.15) is 24.1 Å². The molecule has 0 saturated carbocycles. The summed E-state index contributed by atoms with van der Waals surface area (Å²) < 4.78 is 29.1. The normalized spacial score (nSPS) is 17.6. The summed E-state index contributed by atoms with van der Waals surface area (Å²) >= 11 is 0. The van der Waals surface area contributed by atoms with Gasteiger partial charge in [-0.05, 0) is 18.6 Å². The van der Waals surface area contributed by atoms with E-state index < -0.39 is 15.9 Å². The van der Waals surface area contributed by atoms with Crippen molar-refractivity contribution in [3.63, 3.8) is 0 Å². The highest BCUT2D eigenvalue weighted by molar-refractivity contribution is 7.91. The molecule has 2 heterocycles. The van der Waals surface area contributed by atoms with Crippen molar-refractivity contribution in [1.82, 2.24) is 15.2 Å². The maximum absolute atomic E-state index is 13.1. The molecule has 1 aromatic heterocycles. The Morgan fingerprint density at radius 3 is 2.57 bits per heavy atom. The van der Waals surface area contributed by atoms with E-state index in [0.29, 0.717) is 25.6 Å². The summed E-state index contributed by atoms with van der Waals surface area (Å²) in [5.41, 5.74) is 1.64. The first-order valence-electron chi connectivity index (χ1n) is 9.34. The molecule has 1 amide bonds. The van der Waals surface area contributed by atoms with E-state index in [1.807, 2.05) is 48.2 Å². The van der Waals surface area contributed by atoms with Crippen LogP contribution in [-0.4, -0.2) is 55.4 Å². The first-order valence-corrected chi connectivity index (χ1v) is 11.2. The fraction of sp³-hybridized carbons (Fsp3) is 0.400. The molecule has 150 valence electrons. The predicted octanol–water partition coefficient (Wildman–Crippen LogP) is 1.57. The molecular formula is C20H25N3O4S. The van der Waals surface area contributed by atoms with E-state index in [1.54, 1.807) is 12.3 Å². The van der Waals surface area contributed by atoms with Crippen molar-refractivity contribution in [2.75, 3.05) is 31.2 Å². The Morgan fingerprint density at radius 2 is 1.89 bits per heavy atom. The number of rotatable bonds is 7. The van der Waals surface area contributed by atoms with Gasteiger partial charge in [-0.1, -0.05) is 36.4 Å². The minimum absolute atomic E-state index is 0.0701. The zero-order valence-corrected chi connectivity index (χ0v) is 16.7. The van der Waals surface area contributed by atoms with Crippen LogP contribution in [0.5, 0.6) is 5.88 Å². The maximum Gasteiger partial charge on any atom is 0.242 e. The Bertz CT molecular complexity index is 889. The molecule has 3 rings (SSSR count). The standard InChI is InChI=1S/C20H25N3O4S/c1-2-27-20-17(9-6-10-21-20)15-22-19(24)18(16-7-4-3-5-8-16)23-11-13-28(25,26)14-12-23/h3-10,18H,2,11-15H2,1H3,(H,22,24). The highest BCUT2D eigenvalue weighted by atomic mass is 32.2. The topological polar surface area (TPSA) is 88.6 Å². The largest absolute Gasteiger partial charge is 0.478 e. The van der Waals surface area contributed by atoms with E-state index >= 15 is 0 Å². The second-order valence-electron chi connectivity index (χ2n) is 6.62. The third-order valence-electron chi connectivity index (χ3n) is 4.69. The van der Waals surface area contributed by atoms with E-state index in [-0.39, 0.29) is 24.0 Å². The third-order valence-corrected chi connectivity index (χ3v) is 6.30. The average molecular weight is 404 g/mol. The van der Waals surface area contributed by atoms with Crippen LogP contribution in [0, 0.1) is 0 Å². The summed E-state index contributed by atoms with van der Waals surface area (Å²) in [6, 6.07) is 12.6. The van der Waals surface area contributed by atoms with Gasteiger partial charge in [-0.15, -0.1) is 0 Å². The lowest BCUT2D eigenvalue weighted by Gasteiger charge is -2.33. The molecule has 1 atom stereocenters. The number of carbonyl (C=O) groups is 1. The van der Waals surface area contributed by atoms with E-state index in [2.05, 4.69) is 10.3 Å². The summed E-state index contributed by atoms with van der Waals surface area (Å²) in [4.78, 5) is 19.2.